The predicted molar refractivity (Wildman–Crippen MR) is 78.9 cm³/mol. The molecule has 112 valence electrons. The van der Waals surface area contributed by atoms with E-state index < -0.39 is 11.9 Å². The Labute approximate surface area is 132 Å². The third-order valence-electron chi connectivity index (χ3n) is 3.04. The van der Waals surface area contributed by atoms with Gasteiger partial charge in [0.1, 0.15) is 17.6 Å². The number of carboxylic acid groups (broad SMARTS) is 1. The molecular weight excluding hydrogens is 356 g/mol. The van der Waals surface area contributed by atoms with Gasteiger partial charge in [0.25, 0.3) is 5.91 Å². The average Bonchev–Trinajstić information content (AvgIpc) is 3.11. The molecule has 0 saturated heterocycles. The van der Waals surface area contributed by atoms with Crippen molar-refractivity contribution in [1.82, 2.24) is 24.4 Å². The number of anilines is 1. The zero-order chi connectivity index (χ0) is 15.9. The number of fused-ring (bicyclic) bond motifs is 1. The van der Waals surface area contributed by atoms with Crippen molar-refractivity contribution in [3.05, 3.63) is 42.1 Å². The highest BCUT2D eigenvalue weighted by molar-refractivity contribution is 9.10. The Morgan fingerprint density at radius 1 is 1.36 bits per heavy atom. The van der Waals surface area contributed by atoms with E-state index in [0.717, 1.165) is 10.1 Å². The van der Waals surface area contributed by atoms with E-state index >= 15 is 0 Å². The number of aromatic nitrogens is 5. The molecule has 0 bridgehead atoms. The quantitative estimate of drug-likeness (QED) is 0.698. The van der Waals surface area contributed by atoms with Crippen LogP contribution >= 0.6 is 16.1 Å². The Morgan fingerprint density at radius 2 is 2.14 bits per heavy atom. The van der Waals surface area contributed by atoms with Crippen molar-refractivity contribution in [2.24, 2.45) is 7.05 Å². The van der Waals surface area contributed by atoms with Crippen LogP contribution in [0.15, 0.2) is 30.9 Å². The molecule has 3 aromatic heterocycles. The van der Waals surface area contributed by atoms with E-state index in [0.29, 0.717) is 11.3 Å². The molecule has 9 nitrogen and oxygen atoms in total. The Kier molecular flexibility index (Phi) is 3.37. The highest BCUT2D eigenvalue weighted by Crippen LogP contribution is 2.23. The summed E-state index contributed by atoms with van der Waals surface area (Å²) < 4.78 is 3.92. The molecule has 0 radical (unpaired) electrons. The first-order valence-electron chi connectivity index (χ1n) is 6.04. The van der Waals surface area contributed by atoms with E-state index in [1.165, 1.54) is 18.1 Å². The molecular formula is C12H9BrN6O3. The second-order valence-electron chi connectivity index (χ2n) is 4.37. The zero-order valence-corrected chi connectivity index (χ0v) is 12.8. The van der Waals surface area contributed by atoms with E-state index in [4.69, 9.17) is 5.11 Å². The van der Waals surface area contributed by atoms with Crippen LogP contribution in [0.2, 0.25) is 0 Å². The largest absolute Gasteiger partial charge is 0.478 e. The van der Waals surface area contributed by atoms with E-state index in [9.17, 15) is 9.59 Å². The van der Waals surface area contributed by atoms with Crippen LogP contribution in [0.3, 0.4) is 0 Å². The lowest BCUT2D eigenvalue weighted by Crippen LogP contribution is -2.25. The summed E-state index contributed by atoms with van der Waals surface area (Å²) >= 11 is 3.16. The fraction of sp³-hybridized carbons (Fsp3) is 0.0833. The van der Waals surface area contributed by atoms with Gasteiger partial charge in [-0.25, -0.2) is 18.2 Å². The average molecular weight is 365 g/mol. The number of aromatic carboxylic acids is 1. The highest BCUT2D eigenvalue weighted by atomic mass is 79.9. The van der Waals surface area contributed by atoms with Crippen LogP contribution in [0.5, 0.6) is 0 Å². The zero-order valence-electron chi connectivity index (χ0n) is 11.2. The lowest BCUT2D eigenvalue weighted by Gasteiger charge is -2.15. The summed E-state index contributed by atoms with van der Waals surface area (Å²) in [5, 5.41) is 16.9. The van der Waals surface area contributed by atoms with Gasteiger partial charge in [0.15, 0.2) is 5.65 Å². The van der Waals surface area contributed by atoms with E-state index in [2.05, 4.69) is 31.3 Å². The molecule has 0 unspecified atom stereocenters. The summed E-state index contributed by atoms with van der Waals surface area (Å²) in [5.41, 5.74) is 0.840. The lowest BCUT2D eigenvalue weighted by molar-refractivity contribution is 0.0692. The van der Waals surface area contributed by atoms with Gasteiger partial charge in [-0.1, -0.05) is 0 Å². The minimum atomic E-state index is -1.22. The number of amides is 1. The maximum absolute atomic E-state index is 12.5. The topological polar surface area (TPSA) is 106 Å². The van der Waals surface area contributed by atoms with Crippen molar-refractivity contribution in [3.8, 4) is 0 Å². The van der Waals surface area contributed by atoms with Crippen molar-refractivity contribution < 1.29 is 14.7 Å². The molecule has 3 heterocycles. The normalized spacial score (nSPS) is 10.8. The number of halogens is 1. The van der Waals surface area contributed by atoms with Crippen LogP contribution in [0.25, 0.3) is 5.65 Å². The van der Waals surface area contributed by atoms with Crippen LogP contribution in [-0.2, 0) is 7.05 Å². The number of pyridine rings is 1. The third kappa shape index (κ3) is 2.22. The monoisotopic (exact) mass is 364 g/mol. The lowest BCUT2D eigenvalue weighted by atomic mass is 10.2. The van der Waals surface area contributed by atoms with Gasteiger partial charge in [0.2, 0.25) is 0 Å². The fourth-order valence-corrected chi connectivity index (χ4v) is 2.37. The summed E-state index contributed by atoms with van der Waals surface area (Å²) in [7, 11) is 1.50. The molecule has 22 heavy (non-hydrogen) atoms. The van der Waals surface area contributed by atoms with Crippen LogP contribution in [0, 0.1) is 0 Å². The van der Waals surface area contributed by atoms with Gasteiger partial charge in [-0.3, -0.25) is 9.48 Å². The summed E-state index contributed by atoms with van der Waals surface area (Å²) in [6.45, 7) is 0. The molecule has 0 aliphatic rings. The van der Waals surface area contributed by atoms with Gasteiger partial charge in [-0.05, 0) is 6.07 Å². The Morgan fingerprint density at radius 3 is 2.86 bits per heavy atom. The molecule has 0 aromatic carbocycles. The minimum absolute atomic E-state index is 0.0364. The van der Waals surface area contributed by atoms with Crippen molar-refractivity contribution in [2.75, 3.05) is 3.93 Å². The summed E-state index contributed by atoms with van der Waals surface area (Å²) in [5.74, 6) is -1.77. The minimum Gasteiger partial charge on any atom is -0.478 e. The smallest absolute Gasteiger partial charge is 0.339 e. The van der Waals surface area contributed by atoms with Crippen LogP contribution in [-0.4, -0.2) is 41.4 Å². The van der Waals surface area contributed by atoms with E-state index in [1.54, 1.807) is 22.8 Å². The number of carbonyl (C=O) groups is 2. The van der Waals surface area contributed by atoms with E-state index in [-0.39, 0.29) is 11.3 Å². The van der Waals surface area contributed by atoms with Crippen molar-refractivity contribution >= 4 is 39.4 Å². The molecule has 3 aromatic rings. The first-order valence-corrected chi connectivity index (χ1v) is 6.75. The number of hydrogen-bond donors (Lipinski definition) is 1. The van der Waals surface area contributed by atoms with Crippen LogP contribution < -0.4 is 3.93 Å². The molecule has 3 rings (SSSR count). The summed E-state index contributed by atoms with van der Waals surface area (Å²) in [6, 6.07) is 3.28. The van der Waals surface area contributed by atoms with Crippen molar-refractivity contribution in [2.45, 2.75) is 0 Å². The number of carboxylic acids is 1. The van der Waals surface area contributed by atoms with E-state index in [1.807, 2.05) is 0 Å². The van der Waals surface area contributed by atoms with Gasteiger partial charge in [-0.15, -0.1) is 0 Å². The molecule has 1 amide bonds. The Bertz CT molecular complexity index is 886. The van der Waals surface area contributed by atoms with Gasteiger partial charge < -0.3 is 5.11 Å². The van der Waals surface area contributed by atoms with Crippen LogP contribution in [0.4, 0.5) is 5.69 Å². The number of rotatable bonds is 3. The molecule has 0 aliphatic carbocycles. The predicted octanol–water partition coefficient (Wildman–Crippen LogP) is 1.12. The maximum Gasteiger partial charge on any atom is 0.339 e. The molecule has 0 saturated carbocycles. The number of aryl methyl sites for hydroxylation is 1. The summed E-state index contributed by atoms with van der Waals surface area (Å²) in [4.78, 5) is 27.7. The second-order valence-corrected chi connectivity index (χ2v) is 5.08. The van der Waals surface area contributed by atoms with Gasteiger partial charge in [-0.2, -0.15) is 10.2 Å². The maximum atomic E-state index is 12.5. The first-order chi connectivity index (χ1) is 10.5. The third-order valence-corrected chi connectivity index (χ3v) is 3.77. The standard InChI is InChI=1S/C12H9BrN6O3/c1-17-10(8(5-15-17)12(21)22)11(20)19(13)7-2-3-18-9(4-7)14-6-16-18/h2-6H,1H3,(H,21,22). The van der Waals surface area contributed by atoms with Crippen molar-refractivity contribution in [1.29, 1.82) is 0 Å². The Hall–Kier alpha value is -2.75. The van der Waals surface area contributed by atoms with Crippen molar-refractivity contribution in [3.63, 3.8) is 0 Å². The summed E-state index contributed by atoms with van der Waals surface area (Å²) in [6.07, 6.45) is 4.17. The fourth-order valence-electron chi connectivity index (χ4n) is 1.98. The van der Waals surface area contributed by atoms with Crippen LogP contribution in [0.1, 0.15) is 20.8 Å². The van der Waals surface area contributed by atoms with Gasteiger partial charge >= 0.3 is 5.97 Å². The molecule has 0 spiro atoms. The molecule has 0 atom stereocenters. The molecule has 0 aliphatic heterocycles. The number of carbonyl (C=O) groups excluding carboxylic acids is 1. The molecule has 1 N–H and O–H groups in total. The SMILES string of the molecule is Cn1ncc(C(=O)O)c1C(=O)N(Br)c1ccn2ncnc2c1. The number of hydrogen-bond acceptors (Lipinski definition) is 5. The van der Waals surface area contributed by atoms with Gasteiger partial charge in [0.05, 0.1) is 28.0 Å². The van der Waals surface area contributed by atoms with Gasteiger partial charge in [0, 0.05) is 19.3 Å². The second kappa shape index (κ2) is 5.22. The Balaban J connectivity index is 2.01. The number of nitrogens with zero attached hydrogens (tertiary/aromatic N) is 6. The highest BCUT2D eigenvalue weighted by Gasteiger charge is 2.26. The molecule has 0 fully saturated rings. The first kappa shape index (κ1) is 14.2. The molecule has 10 heteroatoms.